The van der Waals surface area contributed by atoms with Crippen molar-refractivity contribution in [3.8, 4) is 11.5 Å². The molecule has 4 rings (SSSR count). The Labute approximate surface area is 158 Å². The highest BCUT2D eigenvalue weighted by molar-refractivity contribution is 5.96. The first-order chi connectivity index (χ1) is 13.1. The highest BCUT2D eigenvalue weighted by atomic mass is 16.5. The fraction of sp³-hybridized carbons (Fsp3) is 0.381. The fourth-order valence-electron chi connectivity index (χ4n) is 4.14. The van der Waals surface area contributed by atoms with Gasteiger partial charge in [-0.1, -0.05) is 18.2 Å². The number of amides is 1. The summed E-state index contributed by atoms with van der Waals surface area (Å²) in [5.41, 5.74) is 3.85. The van der Waals surface area contributed by atoms with Gasteiger partial charge in [0.2, 0.25) is 5.91 Å². The van der Waals surface area contributed by atoms with Gasteiger partial charge in [-0.25, -0.2) is 0 Å². The van der Waals surface area contributed by atoms with Crippen molar-refractivity contribution in [3.63, 3.8) is 0 Å². The van der Waals surface area contributed by atoms with Crippen LogP contribution in [0.3, 0.4) is 0 Å². The average molecular weight is 368 g/mol. The number of benzene rings is 2. The van der Waals surface area contributed by atoms with Crippen molar-refractivity contribution in [3.05, 3.63) is 53.1 Å². The Bertz CT molecular complexity index is 867. The van der Waals surface area contributed by atoms with Gasteiger partial charge in [0.1, 0.15) is 11.5 Å². The quantitative estimate of drug-likeness (QED) is 0.896. The van der Waals surface area contributed by atoms with Crippen LogP contribution in [0.15, 0.2) is 36.4 Å². The van der Waals surface area contributed by atoms with Crippen LogP contribution in [-0.4, -0.2) is 49.8 Å². The number of β-amino-alcohol motifs (C(OH)–C–C–N with tert-alkyl or cyclic N) is 1. The standard InChI is InChI=1S/C21H24N2O4/c1-26-18-7-8-19(27-2)21-15(18)11-22(12-17(21)24)13-20(25)23-10-9-14-5-3-4-6-16(14)23/h3-8,17,24H,9-13H2,1-2H3. The number of ether oxygens (including phenoxy) is 2. The van der Waals surface area contributed by atoms with E-state index in [1.165, 1.54) is 5.56 Å². The molecular weight excluding hydrogens is 344 g/mol. The molecule has 0 bridgehead atoms. The smallest absolute Gasteiger partial charge is 0.241 e. The molecule has 1 amide bonds. The maximum absolute atomic E-state index is 12.9. The van der Waals surface area contributed by atoms with E-state index in [1.807, 2.05) is 40.1 Å². The third-order valence-electron chi connectivity index (χ3n) is 5.41. The minimum atomic E-state index is -0.725. The Hall–Kier alpha value is -2.57. The van der Waals surface area contributed by atoms with Crippen LogP contribution in [0.4, 0.5) is 5.69 Å². The molecule has 2 aromatic carbocycles. The summed E-state index contributed by atoms with van der Waals surface area (Å²) in [5, 5.41) is 10.7. The number of carbonyl (C=O) groups excluding carboxylic acids is 1. The van der Waals surface area contributed by atoms with Gasteiger partial charge < -0.3 is 19.5 Å². The van der Waals surface area contributed by atoms with E-state index in [1.54, 1.807) is 14.2 Å². The predicted octanol–water partition coefficient (Wildman–Crippen LogP) is 2.14. The molecule has 2 heterocycles. The van der Waals surface area contributed by atoms with Crippen LogP contribution < -0.4 is 14.4 Å². The molecule has 1 unspecified atom stereocenters. The first-order valence-electron chi connectivity index (χ1n) is 9.14. The third-order valence-corrected chi connectivity index (χ3v) is 5.41. The molecule has 0 aliphatic carbocycles. The molecule has 6 nitrogen and oxygen atoms in total. The van der Waals surface area contributed by atoms with E-state index in [9.17, 15) is 9.90 Å². The predicted molar refractivity (Wildman–Crippen MR) is 102 cm³/mol. The molecule has 2 aromatic rings. The second kappa shape index (κ2) is 7.21. The number of nitrogens with zero attached hydrogens (tertiary/aromatic N) is 2. The molecule has 0 saturated heterocycles. The lowest BCUT2D eigenvalue weighted by atomic mass is 9.95. The van der Waals surface area contributed by atoms with E-state index in [-0.39, 0.29) is 12.5 Å². The number of aliphatic hydroxyl groups excluding tert-OH is 1. The lowest BCUT2D eigenvalue weighted by molar-refractivity contribution is -0.120. The molecule has 0 fully saturated rings. The summed E-state index contributed by atoms with van der Waals surface area (Å²) in [4.78, 5) is 16.7. The Morgan fingerprint density at radius 1 is 1.15 bits per heavy atom. The largest absolute Gasteiger partial charge is 0.496 e. The molecule has 0 aromatic heterocycles. The number of methoxy groups -OCH3 is 2. The Kier molecular flexibility index (Phi) is 4.76. The van der Waals surface area contributed by atoms with Gasteiger partial charge in [-0.3, -0.25) is 9.69 Å². The topological polar surface area (TPSA) is 62.2 Å². The maximum atomic E-state index is 12.9. The van der Waals surface area contributed by atoms with Crippen molar-refractivity contribution in [1.82, 2.24) is 4.90 Å². The molecule has 6 heteroatoms. The van der Waals surface area contributed by atoms with Crippen molar-refractivity contribution in [2.24, 2.45) is 0 Å². The zero-order valence-electron chi connectivity index (χ0n) is 15.6. The number of rotatable bonds is 4. The number of aliphatic hydroxyl groups is 1. The molecule has 1 N–H and O–H groups in total. The molecule has 2 aliphatic heterocycles. The summed E-state index contributed by atoms with van der Waals surface area (Å²) in [6, 6.07) is 11.7. The summed E-state index contributed by atoms with van der Waals surface area (Å²) < 4.78 is 10.9. The number of hydrogen-bond acceptors (Lipinski definition) is 5. The van der Waals surface area contributed by atoms with Crippen LogP contribution in [-0.2, 0) is 17.8 Å². The summed E-state index contributed by atoms with van der Waals surface area (Å²) >= 11 is 0. The van der Waals surface area contributed by atoms with E-state index < -0.39 is 6.10 Å². The van der Waals surface area contributed by atoms with Crippen LogP contribution in [0.25, 0.3) is 0 Å². The van der Waals surface area contributed by atoms with Crippen molar-refractivity contribution in [2.75, 3.05) is 38.8 Å². The zero-order valence-corrected chi connectivity index (χ0v) is 15.6. The summed E-state index contributed by atoms with van der Waals surface area (Å²) in [5.74, 6) is 1.41. The van der Waals surface area contributed by atoms with E-state index in [4.69, 9.17) is 9.47 Å². The lowest BCUT2D eigenvalue weighted by Gasteiger charge is -2.34. The van der Waals surface area contributed by atoms with Gasteiger partial charge in [-0.15, -0.1) is 0 Å². The van der Waals surface area contributed by atoms with Crippen LogP contribution in [0, 0.1) is 0 Å². The summed E-state index contributed by atoms with van der Waals surface area (Å²) in [6.07, 6.45) is 0.163. The van der Waals surface area contributed by atoms with E-state index in [2.05, 4.69) is 6.07 Å². The monoisotopic (exact) mass is 368 g/mol. The third kappa shape index (κ3) is 3.15. The lowest BCUT2D eigenvalue weighted by Crippen LogP contribution is -2.43. The van der Waals surface area contributed by atoms with Gasteiger partial charge in [0, 0.05) is 36.4 Å². The second-order valence-electron chi connectivity index (χ2n) is 6.97. The van der Waals surface area contributed by atoms with Crippen molar-refractivity contribution >= 4 is 11.6 Å². The fourth-order valence-corrected chi connectivity index (χ4v) is 4.14. The molecule has 1 atom stereocenters. The minimum absolute atomic E-state index is 0.0532. The van der Waals surface area contributed by atoms with Gasteiger partial charge in [-0.05, 0) is 30.2 Å². The summed E-state index contributed by atoms with van der Waals surface area (Å²) in [6.45, 7) is 1.89. The Morgan fingerprint density at radius 2 is 1.89 bits per heavy atom. The molecule has 0 radical (unpaired) electrons. The van der Waals surface area contributed by atoms with E-state index >= 15 is 0 Å². The summed E-state index contributed by atoms with van der Waals surface area (Å²) in [7, 11) is 3.20. The van der Waals surface area contributed by atoms with Gasteiger partial charge in [-0.2, -0.15) is 0 Å². The number of carbonyl (C=O) groups is 1. The van der Waals surface area contributed by atoms with E-state index in [0.29, 0.717) is 31.1 Å². The number of hydrogen-bond donors (Lipinski definition) is 1. The highest BCUT2D eigenvalue weighted by Crippen LogP contribution is 2.39. The SMILES string of the molecule is COc1ccc(OC)c2c1CN(CC(=O)N1CCc3ccccc31)CC2O. The first kappa shape index (κ1) is 17.8. The van der Waals surface area contributed by atoms with Crippen LogP contribution in [0.1, 0.15) is 22.8 Å². The number of para-hydroxylation sites is 1. The number of fused-ring (bicyclic) bond motifs is 2. The van der Waals surface area contributed by atoms with E-state index in [0.717, 1.165) is 23.2 Å². The van der Waals surface area contributed by atoms with Crippen molar-refractivity contribution < 1.29 is 19.4 Å². The van der Waals surface area contributed by atoms with Crippen molar-refractivity contribution in [2.45, 2.75) is 19.1 Å². The zero-order chi connectivity index (χ0) is 19.0. The van der Waals surface area contributed by atoms with Crippen molar-refractivity contribution in [1.29, 1.82) is 0 Å². The normalized spacial score (nSPS) is 18.8. The van der Waals surface area contributed by atoms with Gasteiger partial charge in [0.15, 0.2) is 0 Å². The van der Waals surface area contributed by atoms with Gasteiger partial charge in [0.05, 0.1) is 26.9 Å². The molecule has 27 heavy (non-hydrogen) atoms. The second-order valence-corrected chi connectivity index (χ2v) is 6.97. The minimum Gasteiger partial charge on any atom is -0.496 e. The van der Waals surface area contributed by atoms with Crippen LogP contribution in [0.5, 0.6) is 11.5 Å². The first-order valence-corrected chi connectivity index (χ1v) is 9.14. The molecule has 142 valence electrons. The Morgan fingerprint density at radius 3 is 2.67 bits per heavy atom. The average Bonchev–Trinajstić information content (AvgIpc) is 3.11. The number of anilines is 1. The van der Waals surface area contributed by atoms with Gasteiger partial charge >= 0.3 is 0 Å². The molecule has 0 saturated carbocycles. The highest BCUT2D eigenvalue weighted by Gasteiger charge is 2.32. The maximum Gasteiger partial charge on any atom is 0.241 e. The van der Waals surface area contributed by atoms with Crippen LogP contribution >= 0.6 is 0 Å². The van der Waals surface area contributed by atoms with Crippen LogP contribution in [0.2, 0.25) is 0 Å². The Balaban J connectivity index is 1.55. The molecular formula is C21H24N2O4. The molecule has 0 spiro atoms. The van der Waals surface area contributed by atoms with Gasteiger partial charge in [0.25, 0.3) is 0 Å². The molecule has 2 aliphatic rings.